The molecule has 2 N–H and O–H groups in total. The van der Waals surface area contributed by atoms with Crippen LogP contribution >= 0.6 is 0 Å². The Morgan fingerprint density at radius 1 is 1.11 bits per heavy atom. The Hall–Kier alpha value is -0.120. The molecule has 0 spiro atoms. The van der Waals surface area contributed by atoms with Crippen LogP contribution in [0.5, 0.6) is 0 Å². The predicted octanol–water partition coefficient (Wildman–Crippen LogP) is 2.31. The van der Waals surface area contributed by atoms with Crippen molar-refractivity contribution in [1.29, 1.82) is 0 Å². The minimum absolute atomic E-state index is 0.608. The number of hydrogen-bond donors (Lipinski definition) is 1. The number of nitrogens with zero attached hydrogens (tertiary/aromatic N) is 2. The molecule has 3 heteroatoms. The van der Waals surface area contributed by atoms with E-state index in [4.69, 9.17) is 5.73 Å². The Morgan fingerprint density at radius 3 is 2.42 bits per heavy atom. The van der Waals surface area contributed by atoms with E-state index in [1.807, 2.05) is 0 Å². The van der Waals surface area contributed by atoms with Crippen molar-refractivity contribution in [3.8, 4) is 0 Å². The standard InChI is InChI=1S/C16H33N3/c1-3-14-6-5-7-16(12-14)19-10-8-18(9-11-19)15(4-2)13-17/h14-16H,3-13,17H2,1-2H3. The van der Waals surface area contributed by atoms with Gasteiger partial charge in [0.1, 0.15) is 0 Å². The highest BCUT2D eigenvalue weighted by atomic mass is 15.3. The summed E-state index contributed by atoms with van der Waals surface area (Å²) in [5.41, 5.74) is 5.87. The Morgan fingerprint density at radius 2 is 1.84 bits per heavy atom. The van der Waals surface area contributed by atoms with Crippen LogP contribution in [0.25, 0.3) is 0 Å². The van der Waals surface area contributed by atoms with Crippen molar-refractivity contribution in [2.75, 3.05) is 32.7 Å². The lowest BCUT2D eigenvalue weighted by atomic mass is 9.83. The molecule has 3 unspecified atom stereocenters. The molecular formula is C16H33N3. The number of piperazine rings is 1. The van der Waals surface area contributed by atoms with E-state index in [2.05, 4.69) is 23.6 Å². The van der Waals surface area contributed by atoms with Crippen LogP contribution in [0.3, 0.4) is 0 Å². The molecule has 0 amide bonds. The van der Waals surface area contributed by atoms with Crippen molar-refractivity contribution < 1.29 is 0 Å². The van der Waals surface area contributed by atoms with E-state index < -0.39 is 0 Å². The van der Waals surface area contributed by atoms with Gasteiger partial charge in [0.05, 0.1) is 0 Å². The van der Waals surface area contributed by atoms with E-state index in [-0.39, 0.29) is 0 Å². The second kappa shape index (κ2) is 7.61. The van der Waals surface area contributed by atoms with E-state index in [9.17, 15) is 0 Å². The van der Waals surface area contributed by atoms with E-state index in [0.717, 1.165) is 18.5 Å². The zero-order valence-corrected chi connectivity index (χ0v) is 13.0. The maximum absolute atomic E-state index is 5.87. The fourth-order valence-corrected chi connectivity index (χ4v) is 4.01. The average Bonchev–Trinajstić information content (AvgIpc) is 2.49. The molecule has 0 bridgehead atoms. The molecule has 3 nitrogen and oxygen atoms in total. The van der Waals surface area contributed by atoms with Gasteiger partial charge in [-0.15, -0.1) is 0 Å². The first-order valence-corrected chi connectivity index (χ1v) is 8.46. The van der Waals surface area contributed by atoms with E-state index in [0.29, 0.717) is 6.04 Å². The molecular weight excluding hydrogens is 234 g/mol. The third kappa shape index (κ3) is 3.93. The average molecular weight is 267 g/mol. The summed E-state index contributed by atoms with van der Waals surface area (Å²) < 4.78 is 0. The summed E-state index contributed by atoms with van der Waals surface area (Å²) in [6, 6.07) is 1.48. The fourth-order valence-electron chi connectivity index (χ4n) is 4.01. The zero-order valence-electron chi connectivity index (χ0n) is 13.0. The molecule has 0 radical (unpaired) electrons. The van der Waals surface area contributed by atoms with Crippen LogP contribution in [0, 0.1) is 5.92 Å². The van der Waals surface area contributed by atoms with Gasteiger partial charge in [0, 0.05) is 44.8 Å². The summed E-state index contributed by atoms with van der Waals surface area (Å²) in [5, 5.41) is 0. The highest BCUT2D eigenvalue weighted by molar-refractivity contribution is 4.85. The van der Waals surface area contributed by atoms with E-state index in [1.54, 1.807) is 0 Å². The summed E-state index contributed by atoms with van der Waals surface area (Å²) in [7, 11) is 0. The van der Waals surface area contributed by atoms with Gasteiger partial charge in [-0.1, -0.05) is 33.1 Å². The van der Waals surface area contributed by atoms with Crippen LogP contribution in [0.15, 0.2) is 0 Å². The molecule has 3 atom stereocenters. The van der Waals surface area contributed by atoms with Crippen LogP contribution < -0.4 is 5.73 Å². The van der Waals surface area contributed by atoms with Crippen LogP contribution in [-0.2, 0) is 0 Å². The quantitative estimate of drug-likeness (QED) is 0.829. The minimum Gasteiger partial charge on any atom is -0.329 e. The molecule has 0 aromatic carbocycles. The molecule has 19 heavy (non-hydrogen) atoms. The van der Waals surface area contributed by atoms with Gasteiger partial charge >= 0.3 is 0 Å². The maximum atomic E-state index is 5.87. The summed E-state index contributed by atoms with van der Waals surface area (Å²) in [6.07, 6.45) is 8.37. The molecule has 0 aromatic heterocycles. The Bertz CT molecular complexity index is 244. The molecule has 1 saturated carbocycles. The van der Waals surface area contributed by atoms with Crippen LogP contribution in [-0.4, -0.2) is 54.6 Å². The van der Waals surface area contributed by atoms with Gasteiger partial charge in [-0.3, -0.25) is 9.80 Å². The lowest BCUT2D eigenvalue weighted by Crippen LogP contribution is -2.55. The number of rotatable bonds is 5. The zero-order chi connectivity index (χ0) is 13.7. The molecule has 2 aliphatic rings. The molecule has 2 fully saturated rings. The van der Waals surface area contributed by atoms with E-state index in [1.165, 1.54) is 64.7 Å². The van der Waals surface area contributed by atoms with E-state index >= 15 is 0 Å². The summed E-state index contributed by atoms with van der Waals surface area (Å²) in [5.74, 6) is 0.990. The second-order valence-electron chi connectivity index (χ2n) is 6.46. The highest BCUT2D eigenvalue weighted by Crippen LogP contribution is 2.30. The topological polar surface area (TPSA) is 32.5 Å². The SMILES string of the molecule is CCC1CCCC(N2CCN(C(CC)CN)CC2)C1. The largest absolute Gasteiger partial charge is 0.329 e. The monoisotopic (exact) mass is 267 g/mol. The highest BCUT2D eigenvalue weighted by Gasteiger charge is 2.29. The predicted molar refractivity (Wildman–Crippen MR) is 82.3 cm³/mol. The van der Waals surface area contributed by atoms with Crippen LogP contribution in [0.4, 0.5) is 0 Å². The van der Waals surface area contributed by atoms with Crippen LogP contribution in [0.2, 0.25) is 0 Å². The van der Waals surface area contributed by atoms with Crippen molar-refractivity contribution in [3.05, 3.63) is 0 Å². The fraction of sp³-hybridized carbons (Fsp3) is 1.00. The van der Waals surface area contributed by atoms with Crippen molar-refractivity contribution in [1.82, 2.24) is 9.80 Å². The molecule has 2 rings (SSSR count). The lowest BCUT2D eigenvalue weighted by Gasteiger charge is -2.44. The van der Waals surface area contributed by atoms with Crippen LogP contribution in [0.1, 0.15) is 52.4 Å². The van der Waals surface area contributed by atoms with Gasteiger partial charge in [0.25, 0.3) is 0 Å². The van der Waals surface area contributed by atoms with Gasteiger partial charge in [0.2, 0.25) is 0 Å². The third-order valence-electron chi connectivity index (χ3n) is 5.46. The smallest absolute Gasteiger partial charge is 0.0216 e. The summed E-state index contributed by atoms with van der Waals surface area (Å²) in [6.45, 7) is 10.4. The van der Waals surface area contributed by atoms with Crippen molar-refractivity contribution in [2.45, 2.75) is 64.5 Å². The van der Waals surface area contributed by atoms with Crippen molar-refractivity contribution in [3.63, 3.8) is 0 Å². The first kappa shape index (κ1) is 15.3. The van der Waals surface area contributed by atoms with Crippen molar-refractivity contribution in [2.24, 2.45) is 11.7 Å². The minimum atomic E-state index is 0.608. The third-order valence-corrected chi connectivity index (χ3v) is 5.46. The van der Waals surface area contributed by atoms with Gasteiger partial charge in [-0.2, -0.15) is 0 Å². The normalized spacial score (nSPS) is 32.4. The second-order valence-corrected chi connectivity index (χ2v) is 6.46. The molecule has 1 aliphatic heterocycles. The van der Waals surface area contributed by atoms with Crippen molar-refractivity contribution >= 4 is 0 Å². The molecule has 1 saturated heterocycles. The van der Waals surface area contributed by atoms with Gasteiger partial charge in [0.15, 0.2) is 0 Å². The van der Waals surface area contributed by atoms with Gasteiger partial charge in [-0.25, -0.2) is 0 Å². The Balaban J connectivity index is 1.79. The molecule has 0 aromatic rings. The lowest BCUT2D eigenvalue weighted by molar-refractivity contribution is 0.0478. The first-order valence-electron chi connectivity index (χ1n) is 8.46. The summed E-state index contributed by atoms with van der Waals surface area (Å²) in [4.78, 5) is 5.37. The summed E-state index contributed by atoms with van der Waals surface area (Å²) >= 11 is 0. The van der Waals surface area contributed by atoms with Gasteiger partial charge < -0.3 is 5.73 Å². The number of nitrogens with two attached hydrogens (primary N) is 1. The van der Waals surface area contributed by atoms with Gasteiger partial charge in [-0.05, 0) is 25.2 Å². The Kier molecular flexibility index (Phi) is 6.11. The first-order chi connectivity index (χ1) is 9.28. The maximum Gasteiger partial charge on any atom is 0.0216 e. The number of hydrogen-bond acceptors (Lipinski definition) is 3. The molecule has 112 valence electrons. The Labute approximate surface area is 119 Å². The molecule has 1 heterocycles. The molecule has 1 aliphatic carbocycles.